The fourth-order valence-electron chi connectivity index (χ4n) is 3.84. The first-order valence-electron chi connectivity index (χ1n) is 10.9. The Bertz CT molecular complexity index is 861. The number of hydrogen-bond donors (Lipinski definition) is 2. The minimum atomic E-state index is -0.395. The van der Waals surface area contributed by atoms with Gasteiger partial charge in [-0.2, -0.15) is 0 Å². The summed E-state index contributed by atoms with van der Waals surface area (Å²) >= 11 is 0. The second-order valence-electron chi connectivity index (χ2n) is 7.93. The zero-order chi connectivity index (χ0) is 22.1. The molecule has 0 radical (unpaired) electrons. The highest BCUT2D eigenvalue weighted by Crippen LogP contribution is 2.21. The van der Waals surface area contributed by atoms with Crippen LogP contribution in [0.4, 0.5) is 5.82 Å². The Kier molecular flexibility index (Phi) is 8.27. The van der Waals surface area contributed by atoms with E-state index in [1.807, 2.05) is 30.3 Å². The van der Waals surface area contributed by atoms with Crippen molar-refractivity contribution in [2.45, 2.75) is 51.6 Å². The van der Waals surface area contributed by atoms with E-state index < -0.39 is 6.04 Å². The van der Waals surface area contributed by atoms with Gasteiger partial charge in [-0.15, -0.1) is 0 Å². The molecule has 1 fully saturated rings. The third-order valence-electron chi connectivity index (χ3n) is 5.51. The second kappa shape index (κ2) is 11.3. The van der Waals surface area contributed by atoms with Crippen LogP contribution in [0.2, 0.25) is 0 Å². The van der Waals surface area contributed by atoms with Crippen molar-refractivity contribution in [3.63, 3.8) is 0 Å². The van der Waals surface area contributed by atoms with Gasteiger partial charge < -0.3 is 20.3 Å². The van der Waals surface area contributed by atoms with Crippen molar-refractivity contribution in [1.82, 2.24) is 15.6 Å². The van der Waals surface area contributed by atoms with Crippen LogP contribution in [0.5, 0.6) is 5.75 Å². The van der Waals surface area contributed by atoms with Crippen LogP contribution in [0.15, 0.2) is 42.6 Å². The van der Waals surface area contributed by atoms with Gasteiger partial charge in [0.15, 0.2) is 0 Å². The molecule has 7 heteroatoms. The molecule has 2 amide bonds. The number of carbonyl (C=O) groups excluding carboxylic acids is 2. The monoisotopic (exact) mass is 424 g/mol. The summed E-state index contributed by atoms with van der Waals surface area (Å²) < 4.78 is 5.18. The lowest BCUT2D eigenvalue weighted by atomic mass is 10.0. The van der Waals surface area contributed by atoms with Crippen LogP contribution in [0.3, 0.4) is 0 Å². The molecule has 1 aliphatic rings. The summed E-state index contributed by atoms with van der Waals surface area (Å²) in [6, 6.07) is 11.0. The average Bonchev–Trinajstić information content (AvgIpc) is 3.07. The summed E-state index contributed by atoms with van der Waals surface area (Å²) in [5.41, 5.74) is 1.88. The molecule has 1 aromatic carbocycles. The van der Waals surface area contributed by atoms with Gasteiger partial charge in [0.05, 0.1) is 19.6 Å². The Morgan fingerprint density at radius 3 is 2.45 bits per heavy atom. The average molecular weight is 425 g/mol. The van der Waals surface area contributed by atoms with Crippen LogP contribution < -0.4 is 20.3 Å². The number of anilines is 1. The van der Waals surface area contributed by atoms with Crippen molar-refractivity contribution in [3.05, 3.63) is 53.7 Å². The Morgan fingerprint density at radius 1 is 1.10 bits per heavy atom. The molecule has 2 aromatic rings. The molecule has 0 spiro atoms. The molecule has 31 heavy (non-hydrogen) atoms. The van der Waals surface area contributed by atoms with Gasteiger partial charge in [0.25, 0.3) is 0 Å². The molecule has 1 aliphatic heterocycles. The van der Waals surface area contributed by atoms with Gasteiger partial charge in [0, 0.05) is 32.8 Å². The largest absolute Gasteiger partial charge is 0.497 e. The molecule has 7 nitrogen and oxygen atoms in total. The highest BCUT2D eigenvalue weighted by atomic mass is 16.5. The van der Waals surface area contributed by atoms with Gasteiger partial charge in [-0.25, -0.2) is 4.98 Å². The zero-order valence-electron chi connectivity index (χ0n) is 18.4. The van der Waals surface area contributed by atoms with E-state index in [1.54, 1.807) is 13.3 Å². The summed E-state index contributed by atoms with van der Waals surface area (Å²) in [5, 5.41) is 5.84. The summed E-state index contributed by atoms with van der Waals surface area (Å²) in [6.07, 6.45) is 6.90. The topological polar surface area (TPSA) is 83.6 Å². The van der Waals surface area contributed by atoms with Gasteiger partial charge in [0.1, 0.15) is 11.6 Å². The van der Waals surface area contributed by atoms with Crippen LogP contribution >= 0.6 is 0 Å². The zero-order valence-corrected chi connectivity index (χ0v) is 18.4. The summed E-state index contributed by atoms with van der Waals surface area (Å²) in [7, 11) is 1.60. The first-order chi connectivity index (χ1) is 15.0. The highest BCUT2D eigenvalue weighted by Gasteiger charge is 2.17. The maximum atomic E-state index is 12.6. The van der Waals surface area contributed by atoms with Crippen molar-refractivity contribution in [2.24, 2.45) is 0 Å². The molecule has 0 aliphatic carbocycles. The molecule has 3 rings (SSSR count). The minimum Gasteiger partial charge on any atom is -0.497 e. The highest BCUT2D eigenvalue weighted by molar-refractivity contribution is 5.79. The first-order valence-corrected chi connectivity index (χ1v) is 10.9. The number of carbonyl (C=O) groups is 2. The number of nitrogens with zero attached hydrogens (tertiary/aromatic N) is 2. The number of pyridine rings is 1. The number of methoxy groups -OCH3 is 1. The van der Waals surface area contributed by atoms with Gasteiger partial charge in [0.2, 0.25) is 11.8 Å². The summed E-state index contributed by atoms with van der Waals surface area (Å²) in [5.74, 6) is 1.41. The van der Waals surface area contributed by atoms with Gasteiger partial charge in [-0.1, -0.05) is 25.0 Å². The van der Waals surface area contributed by atoms with Crippen LogP contribution in [0.25, 0.3) is 0 Å². The number of benzene rings is 1. The summed E-state index contributed by atoms with van der Waals surface area (Å²) in [6.45, 7) is 3.94. The first kappa shape index (κ1) is 22.6. The molecule has 1 unspecified atom stereocenters. The predicted octanol–water partition coefficient (Wildman–Crippen LogP) is 3.35. The predicted molar refractivity (Wildman–Crippen MR) is 121 cm³/mol. The van der Waals surface area contributed by atoms with Crippen molar-refractivity contribution in [2.75, 3.05) is 25.1 Å². The molecule has 2 heterocycles. The van der Waals surface area contributed by atoms with Gasteiger partial charge in [-0.05, 0) is 48.2 Å². The third-order valence-corrected chi connectivity index (χ3v) is 5.51. The van der Waals surface area contributed by atoms with Crippen LogP contribution in [0.1, 0.15) is 56.2 Å². The molecular formula is C24H32N4O3. The molecule has 0 saturated carbocycles. The molecular weight excluding hydrogens is 392 g/mol. The van der Waals surface area contributed by atoms with Crippen LogP contribution in [-0.2, 0) is 16.1 Å². The van der Waals surface area contributed by atoms with Crippen molar-refractivity contribution in [3.8, 4) is 5.75 Å². The van der Waals surface area contributed by atoms with E-state index in [0.717, 1.165) is 35.8 Å². The van der Waals surface area contributed by atoms with E-state index in [9.17, 15) is 9.59 Å². The van der Waals surface area contributed by atoms with Crippen molar-refractivity contribution >= 4 is 17.6 Å². The normalized spacial score (nSPS) is 15.0. The lowest BCUT2D eigenvalue weighted by Crippen LogP contribution is -2.32. The van der Waals surface area contributed by atoms with Gasteiger partial charge >= 0.3 is 0 Å². The molecule has 0 bridgehead atoms. The van der Waals surface area contributed by atoms with E-state index in [4.69, 9.17) is 4.74 Å². The smallest absolute Gasteiger partial charge is 0.222 e. The number of nitrogens with one attached hydrogen (secondary N) is 2. The fourth-order valence-corrected chi connectivity index (χ4v) is 3.84. The minimum absolute atomic E-state index is 0.122. The number of rotatable bonds is 8. The standard InChI is InChI=1S/C24H32N4O3/c1-18(29)27-22(20-7-9-21(31-2)10-8-20)16-24(30)26-17-19-11-12-25-23(15-19)28-13-5-3-4-6-14-28/h7-12,15,22H,3-6,13-14,16-17H2,1-2H3,(H,26,30)(H,27,29). The van der Waals surface area contributed by atoms with Crippen LogP contribution in [0, 0.1) is 0 Å². The lowest BCUT2D eigenvalue weighted by molar-refractivity contribution is -0.122. The van der Waals surface area contributed by atoms with E-state index >= 15 is 0 Å². The van der Waals surface area contributed by atoms with Gasteiger partial charge in [-0.3, -0.25) is 9.59 Å². The Morgan fingerprint density at radius 2 is 1.81 bits per heavy atom. The summed E-state index contributed by atoms with van der Waals surface area (Å²) in [4.78, 5) is 31.1. The van der Waals surface area contributed by atoms with E-state index in [2.05, 4.69) is 26.6 Å². The van der Waals surface area contributed by atoms with Crippen molar-refractivity contribution in [1.29, 1.82) is 0 Å². The molecule has 166 valence electrons. The number of ether oxygens (including phenoxy) is 1. The van der Waals surface area contributed by atoms with Crippen LogP contribution in [-0.4, -0.2) is 37.0 Å². The SMILES string of the molecule is COc1ccc(C(CC(=O)NCc2ccnc(N3CCCCCC3)c2)NC(C)=O)cc1. The quantitative estimate of drug-likeness (QED) is 0.679. The fraction of sp³-hybridized carbons (Fsp3) is 0.458. The second-order valence-corrected chi connectivity index (χ2v) is 7.93. The Labute approximate surface area is 184 Å². The Hall–Kier alpha value is -3.09. The number of hydrogen-bond acceptors (Lipinski definition) is 5. The molecule has 1 aromatic heterocycles. The maximum Gasteiger partial charge on any atom is 0.222 e. The molecule has 1 saturated heterocycles. The molecule has 1 atom stereocenters. The number of aromatic nitrogens is 1. The Balaban J connectivity index is 1.59. The van der Waals surface area contributed by atoms with E-state index in [-0.39, 0.29) is 18.2 Å². The molecule has 2 N–H and O–H groups in total. The lowest BCUT2D eigenvalue weighted by Gasteiger charge is -2.22. The third kappa shape index (κ3) is 6.98. The van der Waals surface area contributed by atoms with Crippen molar-refractivity contribution < 1.29 is 14.3 Å². The van der Waals surface area contributed by atoms with E-state index in [0.29, 0.717) is 6.54 Å². The maximum absolute atomic E-state index is 12.6. The van der Waals surface area contributed by atoms with E-state index in [1.165, 1.54) is 32.6 Å². The number of amides is 2.